The van der Waals surface area contributed by atoms with E-state index in [4.69, 9.17) is 6.42 Å². The second kappa shape index (κ2) is 4.47. The van der Waals surface area contributed by atoms with E-state index in [-0.39, 0.29) is 11.8 Å². The van der Waals surface area contributed by atoms with Crippen LogP contribution in [-0.2, 0) is 4.79 Å². The van der Waals surface area contributed by atoms with Crippen LogP contribution in [0.4, 0.5) is 0 Å². The first-order valence-corrected chi connectivity index (χ1v) is 5.06. The minimum absolute atomic E-state index is 0.0696. The molecule has 0 saturated carbocycles. The van der Waals surface area contributed by atoms with Gasteiger partial charge in [0.2, 0.25) is 5.91 Å². The number of amides is 1. The van der Waals surface area contributed by atoms with Gasteiger partial charge >= 0.3 is 0 Å². The van der Waals surface area contributed by atoms with Gasteiger partial charge in [-0.05, 0) is 33.2 Å². The van der Waals surface area contributed by atoms with Crippen molar-refractivity contribution in [3.63, 3.8) is 0 Å². The number of nitrogens with one attached hydrogen (secondary N) is 2. The van der Waals surface area contributed by atoms with Gasteiger partial charge in [0.05, 0.1) is 11.5 Å². The van der Waals surface area contributed by atoms with Gasteiger partial charge in [-0.25, -0.2) is 0 Å². The van der Waals surface area contributed by atoms with Gasteiger partial charge < -0.3 is 10.6 Å². The van der Waals surface area contributed by atoms with Gasteiger partial charge in [-0.3, -0.25) is 4.79 Å². The van der Waals surface area contributed by atoms with Gasteiger partial charge in [-0.1, -0.05) is 5.92 Å². The van der Waals surface area contributed by atoms with Crippen molar-refractivity contribution in [2.45, 2.75) is 32.2 Å². The van der Waals surface area contributed by atoms with Crippen molar-refractivity contribution in [2.75, 3.05) is 13.1 Å². The Kier molecular flexibility index (Phi) is 3.54. The van der Waals surface area contributed by atoms with E-state index in [2.05, 4.69) is 16.6 Å². The van der Waals surface area contributed by atoms with Crippen molar-refractivity contribution < 1.29 is 4.79 Å². The van der Waals surface area contributed by atoms with Crippen molar-refractivity contribution in [3.05, 3.63) is 0 Å². The zero-order valence-electron chi connectivity index (χ0n) is 8.89. The Labute approximate surface area is 85.6 Å². The van der Waals surface area contributed by atoms with Crippen LogP contribution in [0.25, 0.3) is 0 Å². The largest absolute Gasteiger partial charge is 0.340 e. The van der Waals surface area contributed by atoms with Gasteiger partial charge in [-0.15, -0.1) is 6.42 Å². The summed E-state index contributed by atoms with van der Waals surface area (Å²) in [7, 11) is 0. The van der Waals surface area contributed by atoms with Crippen molar-refractivity contribution in [3.8, 4) is 12.3 Å². The molecule has 1 atom stereocenters. The number of rotatable bonds is 2. The molecule has 0 spiro atoms. The van der Waals surface area contributed by atoms with E-state index in [1.54, 1.807) is 0 Å². The summed E-state index contributed by atoms with van der Waals surface area (Å²) in [6.45, 7) is 5.46. The van der Waals surface area contributed by atoms with E-state index >= 15 is 0 Å². The predicted octanol–water partition coefficient (Wildman–Crippen LogP) is 0.514. The highest BCUT2D eigenvalue weighted by atomic mass is 16.2. The summed E-state index contributed by atoms with van der Waals surface area (Å²) in [6, 6.07) is 0. The molecule has 3 nitrogen and oxygen atoms in total. The molecule has 1 saturated heterocycles. The number of hydrogen-bond acceptors (Lipinski definition) is 2. The number of terminal acetylenes is 1. The lowest BCUT2D eigenvalue weighted by Crippen LogP contribution is -2.48. The van der Waals surface area contributed by atoms with Gasteiger partial charge in [0.15, 0.2) is 0 Å². The second-order valence-corrected chi connectivity index (χ2v) is 4.30. The average Bonchev–Trinajstić information content (AvgIpc) is 2.19. The first-order chi connectivity index (χ1) is 6.55. The van der Waals surface area contributed by atoms with E-state index in [1.807, 2.05) is 13.8 Å². The smallest absolute Gasteiger partial charge is 0.225 e. The molecule has 1 aliphatic rings. The van der Waals surface area contributed by atoms with Crippen molar-refractivity contribution in [2.24, 2.45) is 5.92 Å². The SMILES string of the molecule is C#CC(C)(C)NC(=O)[C@H]1CCCNC1. The quantitative estimate of drug-likeness (QED) is 0.629. The number of piperidine rings is 1. The van der Waals surface area contributed by atoms with Crippen LogP contribution >= 0.6 is 0 Å². The molecule has 1 fully saturated rings. The topological polar surface area (TPSA) is 41.1 Å². The molecule has 1 heterocycles. The molecule has 78 valence electrons. The third-order valence-corrected chi connectivity index (χ3v) is 2.46. The van der Waals surface area contributed by atoms with Crippen LogP contribution in [-0.4, -0.2) is 24.5 Å². The highest BCUT2D eigenvalue weighted by Gasteiger charge is 2.25. The fraction of sp³-hybridized carbons (Fsp3) is 0.727. The molecule has 0 aromatic rings. The fourth-order valence-corrected chi connectivity index (χ4v) is 1.52. The van der Waals surface area contributed by atoms with E-state index in [0.717, 1.165) is 25.9 Å². The van der Waals surface area contributed by atoms with Crippen LogP contribution < -0.4 is 10.6 Å². The Morgan fingerprint density at radius 1 is 1.64 bits per heavy atom. The van der Waals surface area contributed by atoms with Crippen LogP contribution in [0.2, 0.25) is 0 Å². The van der Waals surface area contributed by atoms with Crippen molar-refractivity contribution >= 4 is 5.91 Å². The van der Waals surface area contributed by atoms with Crippen LogP contribution in [0.5, 0.6) is 0 Å². The fourth-order valence-electron chi connectivity index (χ4n) is 1.52. The first-order valence-electron chi connectivity index (χ1n) is 5.06. The molecular formula is C11H18N2O. The highest BCUT2D eigenvalue weighted by molar-refractivity contribution is 5.80. The van der Waals surface area contributed by atoms with Gasteiger partial charge in [0.25, 0.3) is 0 Å². The Morgan fingerprint density at radius 3 is 2.86 bits per heavy atom. The highest BCUT2D eigenvalue weighted by Crippen LogP contribution is 2.11. The molecule has 0 unspecified atom stereocenters. The van der Waals surface area contributed by atoms with Crippen molar-refractivity contribution in [1.29, 1.82) is 0 Å². The Bertz CT molecular complexity index is 247. The molecule has 0 aliphatic carbocycles. The average molecular weight is 194 g/mol. The molecule has 0 bridgehead atoms. The first kappa shape index (κ1) is 11.1. The summed E-state index contributed by atoms with van der Waals surface area (Å²) in [5.41, 5.74) is -0.533. The molecule has 14 heavy (non-hydrogen) atoms. The van der Waals surface area contributed by atoms with Crippen molar-refractivity contribution in [1.82, 2.24) is 10.6 Å². The van der Waals surface area contributed by atoms with E-state index in [1.165, 1.54) is 0 Å². The van der Waals surface area contributed by atoms with Crippen LogP contribution in [0, 0.1) is 18.3 Å². The summed E-state index contributed by atoms with van der Waals surface area (Å²) in [6.07, 6.45) is 7.33. The molecular weight excluding hydrogens is 176 g/mol. The van der Waals surface area contributed by atoms with Crippen LogP contribution in [0.15, 0.2) is 0 Å². The van der Waals surface area contributed by atoms with Crippen LogP contribution in [0.1, 0.15) is 26.7 Å². The minimum atomic E-state index is -0.533. The standard InChI is InChI=1S/C11H18N2O/c1-4-11(2,3)13-10(14)9-6-5-7-12-8-9/h1,9,12H,5-8H2,2-3H3,(H,13,14)/t9-/m0/s1. The zero-order valence-corrected chi connectivity index (χ0v) is 8.89. The van der Waals surface area contributed by atoms with Gasteiger partial charge in [0.1, 0.15) is 0 Å². The molecule has 3 heteroatoms. The lowest BCUT2D eigenvalue weighted by atomic mass is 9.97. The monoisotopic (exact) mass is 194 g/mol. The van der Waals surface area contributed by atoms with E-state index < -0.39 is 5.54 Å². The maximum Gasteiger partial charge on any atom is 0.225 e. The van der Waals surface area contributed by atoms with Crippen LogP contribution in [0.3, 0.4) is 0 Å². The van der Waals surface area contributed by atoms with E-state index in [0.29, 0.717) is 0 Å². The minimum Gasteiger partial charge on any atom is -0.340 e. The Morgan fingerprint density at radius 2 is 2.36 bits per heavy atom. The zero-order chi connectivity index (χ0) is 10.6. The number of carbonyl (C=O) groups is 1. The number of carbonyl (C=O) groups excluding carboxylic acids is 1. The predicted molar refractivity (Wildman–Crippen MR) is 56.6 cm³/mol. The molecule has 0 aromatic heterocycles. The summed E-state index contributed by atoms with van der Waals surface area (Å²) >= 11 is 0. The Hall–Kier alpha value is -1.01. The molecule has 1 aliphatic heterocycles. The summed E-state index contributed by atoms with van der Waals surface area (Å²) in [5, 5.41) is 6.07. The summed E-state index contributed by atoms with van der Waals surface area (Å²) in [5.74, 6) is 2.71. The molecule has 0 radical (unpaired) electrons. The summed E-state index contributed by atoms with van der Waals surface area (Å²) in [4.78, 5) is 11.7. The maximum atomic E-state index is 11.7. The summed E-state index contributed by atoms with van der Waals surface area (Å²) < 4.78 is 0. The molecule has 1 amide bonds. The second-order valence-electron chi connectivity index (χ2n) is 4.30. The lowest BCUT2D eigenvalue weighted by Gasteiger charge is -2.26. The van der Waals surface area contributed by atoms with Gasteiger partial charge in [0, 0.05) is 6.54 Å². The Balaban J connectivity index is 2.45. The third kappa shape index (κ3) is 3.04. The molecule has 0 aromatic carbocycles. The normalized spacial score (nSPS) is 22.5. The molecule has 2 N–H and O–H groups in total. The molecule has 1 rings (SSSR count). The third-order valence-electron chi connectivity index (χ3n) is 2.46. The van der Waals surface area contributed by atoms with E-state index in [9.17, 15) is 4.79 Å². The maximum absolute atomic E-state index is 11.7. The number of hydrogen-bond donors (Lipinski definition) is 2. The lowest BCUT2D eigenvalue weighted by molar-refractivity contribution is -0.126. The van der Waals surface area contributed by atoms with Gasteiger partial charge in [-0.2, -0.15) is 0 Å².